The van der Waals surface area contributed by atoms with Gasteiger partial charge in [-0.1, -0.05) is 65.0 Å². The second-order valence-corrected chi connectivity index (χ2v) is 9.26. The van der Waals surface area contributed by atoms with Crippen LogP contribution in [0.2, 0.25) is 0 Å². The van der Waals surface area contributed by atoms with E-state index in [9.17, 15) is 10.1 Å². The van der Waals surface area contributed by atoms with Gasteiger partial charge < -0.3 is 14.4 Å². The van der Waals surface area contributed by atoms with Gasteiger partial charge in [-0.25, -0.2) is 4.79 Å². The fourth-order valence-electron chi connectivity index (χ4n) is 4.19. The minimum Gasteiger partial charge on any atom is -0.494 e. The summed E-state index contributed by atoms with van der Waals surface area (Å²) in [5.41, 5.74) is 3.81. The molecule has 0 unspecified atom stereocenters. The summed E-state index contributed by atoms with van der Waals surface area (Å²) in [6, 6.07) is 17.8. The van der Waals surface area contributed by atoms with Crippen LogP contribution in [-0.2, 0) is 4.74 Å². The lowest BCUT2D eigenvalue weighted by Crippen LogP contribution is -2.25. The number of esters is 1. The van der Waals surface area contributed by atoms with Gasteiger partial charge in [0.1, 0.15) is 11.8 Å². The van der Waals surface area contributed by atoms with Crippen LogP contribution in [-0.4, -0.2) is 37.2 Å². The topological polar surface area (TPSA) is 62.6 Å². The predicted octanol–water partition coefficient (Wildman–Crippen LogP) is 8.12. The first-order chi connectivity index (χ1) is 18.1. The van der Waals surface area contributed by atoms with Crippen molar-refractivity contribution < 1.29 is 14.3 Å². The average molecular weight is 505 g/mol. The third-order valence-electron chi connectivity index (χ3n) is 6.31. The number of allylic oxidation sites excluding steroid dienone is 1. The fourth-order valence-corrected chi connectivity index (χ4v) is 4.19. The first-order valence-corrected chi connectivity index (χ1v) is 14.0. The van der Waals surface area contributed by atoms with E-state index < -0.39 is 0 Å². The number of ether oxygens (including phenoxy) is 2. The van der Waals surface area contributed by atoms with Crippen LogP contribution in [0.4, 0.5) is 0 Å². The molecule has 0 aromatic heterocycles. The molecule has 0 saturated carbocycles. The summed E-state index contributed by atoms with van der Waals surface area (Å²) in [4.78, 5) is 14.5. The van der Waals surface area contributed by atoms with Crippen LogP contribution in [0.3, 0.4) is 0 Å². The fraction of sp³-hybridized carbons (Fsp3) is 0.500. The Morgan fingerprint density at radius 2 is 1.32 bits per heavy atom. The van der Waals surface area contributed by atoms with Crippen molar-refractivity contribution in [3.05, 3.63) is 65.2 Å². The maximum Gasteiger partial charge on any atom is 0.338 e. The molecule has 0 amide bonds. The van der Waals surface area contributed by atoms with E-state index >= 15 is 0 Å². The van der Waals surface area contributed by atoms with Gasteiger partial charge in [-0.3, -0.25) is 0 Å². The van der Waals surface area contributed by atoms with Gasteiger partial charge in [-0.05, 0) is 73.7 Å². The SMILES string of the molecule is CCCCCCOc1ccc(/C(=C(\C#N)c2ccc(C(=O)OCC)cc2)N(CCCC)CCCC)cc1. The number of hydrogen-bond acceptors (Lipinski definition) is 5. The summed E-state index contributed by atoms with van der Waals surface area (Å²) in [6.07, 6.45) is 8.95. The number of carbonyl (C=O) groups excluding carboxylic acids is 1. The first-order valence-electron chi connectivity index (χ1n) is 14.0. The number of unbranched alkanes of at least 4 members (excludes halogenated alkanes) is 5. The first kappa shape index (κ1) is 30.0. The summed E-state index contributed by atoms with van der Waals surface area (Å²) >= 11 is 0. The number of benzene rings is 2. The molecule has 0 saturated heterocycles. The van der Waals surface area contributed by atoms with Gasteiger partial charge in [0.2, 0.25) is 0 Å². The molecule has 2 aromatic carbocycles. The van der Waals surface area contributed by atoms with E-state index in [0.717, 1.165) is 74.4 Å². The standard InChI is InChI=1S/C32H44N2O3/c1-5-9-12-13-24-37-29-20-18-27(19-21-29)31(34(22-10-6-2)23-11-7-3)30(25-33)26-14-16-28(17-15-26)32(35)36-8-4/h14-21H,5-13,22-24H2,1-4H3/b31-30-. The van der Waals surface area contributed by atoms with Crippen LogP contribution in [0.15, 0.2) is 48.5 Å². The molecule has 5 nitrogen and oxygen atoms in total. The molecule has 2 aromatic rings. The molecule has 0 aliphatic rings. The Bertz CT molecular complexity index is 996. The quantitative estimate of drug-likeness (QED) is 0.0942. The lowest BCUT2D eigenvalue weighted by Gasteiger charge is -2.29. The van der Waals surface area contributed by atoms with E-state index in [1.807, 2.05) is 24.3 Å². The summed E-state index contributed by atoms with van der Waals surface area (Å²) in [6.45, 7) is 11.2. The minimum absolute atomic E-state index is 0.330. The highest BCUT2D eigenvalue weighted by Gasteiger charge is 2.19. The monoisotopic (exact) mass is 504 g/mol. The van der Waals surface area contributed by atoms with Gasteiger partial charge in [-0.2, -0.15) is 5.26 Å². The second-order valence-electron chi connectivity index (χ2n) is 9.26. The number of nitriles is 1. The molecule has 0 heterocycles. The molecule has 0 aliphatic carbocycles. The van der Waals surface area contributed by atoms with E-state index in [1.165, 1.54) is 19.3 Å². The zero-order chi connectivity index (χ0) is 26.9. The van der Waals surface area contributed by atoms with Gasteiger partial charge in [0.05, 0.1) is 30.0 Å². The van der Waals surface area contributed by atoms with Crippen molar-refractivity contribution in [2.75, 3.05) is 26.3 Å². The van der Waals surface area contributed by atoms with Crippen LogP contribution in [0.1, 0.15) is 101 Å². The molecule has 0 bridgehead atoms. The van der Waals surface area contributed by atoms with E-state index in [2.05, 4.69) is 43.9 Å². The Morgan fingerprint density at radius 1 is 0.757 bits per heavy atom. The maximum atomic E-state index is 12.1. The summed E-state index contributed by atoms with van der Waals surface area (Å²) in [5, 5.41) is 10.4. The maximum absolute atomic E-state index is 12.1. The molecule has 5 heteroatoms. The molecule has 37 heavy (non-hydrogen) atoms. The molecule has 2 rings (SSSR count). The van der Waals surface area contributed by atoms with Crippen molar-refractivity contribution in [2.24, 2.45) is 0 Å². The van der Waals surface area contributed by atoms with E-state index in [4.69, 9.17) is 9.47 Å². The number of carbonyl (C=O) groups is 1. The molecule has 0 N–H and O–H groups in total. The Hall–Kier alpha value is -3.26. The molecular weight excluding hydrogens is 460 g/mol. The number of hydrogen-bond donors (Lipinski definition) is 0. The largest absolute Gasteiger partial charge is 0.494 e. The second kappa shape index (κ2) is 17.2. The third kappa shape index (κ3) is 9.61. The molecule has 0 aliphatic heterocycles. The lowest BCUT2D eigenvalue weighted by atomic mass is 9.97. The average Bonchev–Trinajstić information content (AvgIpc) is 2.93. The summed E-state index contributed by atoms with van der Waals surface area (Å²) in [7, 11) is 0. The van der Waals surface area contributed by atoms with Gasteiger partial charge in [0.15, 0.2) is 0 Å². The molecule has 0 fully saturated rings. The Kier molecular flexibility index (Phi) is 14.0. The van der Waals surface area contributed by atoms with Gasteiger partial charge in [0, 0.05) is 13.1 Å². The minimum atomic E-state index is -0.352. The molecule has 0 spiro atoms. The summed E-state index contributed by atoms with van der Waals surface area (Å²) in [5.74, 6) is 0.500. The highest BCUT2D eigenvalue weighted by atomic mass is 16.5. The smallest absolute Gasteiger partial charge is 0.338 e. The number of nitrogens with zero attached hydrogens (tertiary/aromatic N) is 2. The van der Waals surface area contributed by atoms with Crippen molar-refractivity contribution in [3.63, 3.8) is 0 Å². The van der Waals surface area contributed by atoms with Gasteiger partial charge >= 0.3 is 5.97 Å². The highest BCUT2D eigenvalue weighted by Crippen LogP contribution is 2.31. The van der Waals surface area contributed by atoms with E-state index in [1.54, 1.807) is 19.1 Å². The Morgan fingerprint density at radius 3 is 1.86 bits per heavy atom. The van der Waals surface area contributed by atoms with E-state index in [-0.39, 0.29) is 5.97 Å². The van der Waals surface area contributed by atoms with Crippen LogP contribution in [0.5, 0.6) is 5.75 Å². The van der Waals surface area contributed by atoms with Crippen LogP contribution >= 0.6 is 0 Å². The van der Waals surface area contributed by atoms with E-state index in [0.29, 0.717) is 17.7 Å². The number of rotatable bonds is 17. The predicted molar refractivity (Wildman–Crippen MR) is 152 cm³/mol. The van der Waals surface area contributed by atoms with Crippen LogP contribution in [0.25, 0.3) is 11.3 Å². The van der Waals surface area contributed by atoms with Crippen molar-refractivity contribution >= 4 is 17.2 Å². The van der Waals surface area contributed by atoms with Gasteiger partial charge in [0.25, 0.3) is 0 Å². The molecule has 0 atom stereocenters. The third-order valence-corrected chi connectivity index (χ3v) is 6.31. The summed E-state index contributed by atoms with van der Waals surface area (Å²) < 4.78 is 11.1. The Balaban J connectivity index is 2.46. The van der Waals surface area contributed by atoms with Crippen molar-refractivity contribution in [1.82, 2.24) is 4.90 Å². The normalized spacial score (nSPS) is 11.4. The molecule has 200 valence electrons. The highest BCUT2D eigenvalue weighted by molar-refractivity contribution is 5.97. The zero-order valence-corrected chi connectivity index (χ0v) is 23.2. The zero-order valence-electron chi connectivity index (χ0n) is 23.2. The molecule has 0 radical (unpaired) electrons. The van der Waals surface area contributed by atoms with Crippen molar-refractivity contribution in [1.29, 1.82) is 5.26 Å². The van der Waals surface area contributed by atoms with Crippen molar-refractivity contribution in [2.45, 2.75) is 79.1 Å². The van der Waals surface area contributed by atoms with Crippen molar-refractivity contribution in [3.8, 4) is 11.8 Å². The van der Waals surface area contributed by atoms with Gasteiger partial charge in [-0.15, -0.1) is 0 Å². The van der Waals surface area contributed by atoms with Crippen LogP contribution in [0, 0.1) is 11.3 Å². The van der Waals surface area contributed by atoms with Crippen LogP contribution < -0.4 is 4.74 Å². The lowest BCUT2D eigenvalue weighted by molar-refractivity contribution is 0.0526. The molecular formula is C32H44N2O3. The Labute approximate surface area is 224 Å².